The number of anilines is 1. The summed E-state index contributed by atoms with van der Waals surface area (Å²) in [6.07, 6.45) is -0.502. The SMILES string of the molecule is NC(=O)C[C@@H]1CN(c2nc(CO)ccc2Cl)C[C@H]1O. The molecule has 0 saturated carbocycles. The molecule has 1 saturated heterocycles. The van der Waals surface area contributed by atoms with Crippen molar-refractivity contribution >= 4 is 23.3 Å². The Morgan fingerprint density at radius 3 is 2.89 bits per heavy atom. The molecule has 0 aliphatic carbocycles. The van der Waals surface area contributed by atoms with Gasteiger partial charge in [-0.1, -0.05) is 11.6 Å². The normalized spacial score (nSPS) is 22.8. The molecule has 2 heterocycles. The Balaban J connectivity index is 2.17. The molecule has 0 aromatic carbocycles. The van der Waals surface area contributed by atoms with E-state index in [0.717, 1.165) is 0 Å². The molecule has 7 heteroatoms. The van der Waals surface area contributed by atoms with E-state index >= 15 is 0 Å². The third-order valence-corrected chi connectivity index (χ3v) is 3.51. The summed E-state index contributed by atoms with van der Waals surface area (Å²) in [7, 11) is 0. The van der Waals surface area contributed by atoms with E-state index in [4.69, 9.17) is 22.4 Å². The second kappa shape index (κ2) is 5.73. The van der Waals surface area contributed by atoms with Crippen LogP contribution in [-0.4, -0.2) is 40.3 Å². The van der Waals surface area contributed by atoms with Crippen LogP contribution in [0.4, 0.5) is 5.82 Å². The number of primary amides is 1. The van der Waals surface area contributed by atoms with E-state index in [-0.39, 0.29) is 18.9 Å². The first-order valence-electron chi connectivity index (χ1n) is 5.99. The summed E-state index contributed by atoms with van der Waals surface area (Å²) >= 11 is 6.08. The number of pyridine rings is 1. The number of hydrogen-bond donors (Lipinski definition) is 3. The second-order valence-corrected chi connectivity index (χ2v) is 5.08. The van der Waals surface area contributed by atoms with Crippen molar-refractivity contribution < 1.29 is 15.0 Å². The summed E-state index contributed by atoms with van der Waals surface area (Å²) in [5, 5.41) is 19.4. The minimum Gasteiger partial charge on any atom is -0.391 e. The van der Waals surface area contributed by atoms with Crippen molar-refractivity contribution in [3.8, 4) is 0 Å². The van der Waals surface area contributed by atoms with Gasteiger partial charge in [0.1, 0.15) is 5.82 Å². The Morgan fingerprint density at radius 1 is 1.53 bits per heavy atom. The van der Waals surface area contributed by atoms with Crippen molar-refractivity contribution in [3.63, 3.8) is 0 Å². The third kappa shape index (κ3) is 3.15. The average Bonchev–Trinajstić information content (AvgIpc) is 2.70. The molecule has 0 bridgehead atoms. The van der Waals surface area contributed by atoms with Gasteiger partial charge in [-0.3, -0.25) is 4.79 Å². The van der Waals surface area contributed by atoms with Gasteiger partial charge in [-0.05, 0) is 12.1 Å². The van der Waals surface area contributed by atoms with Crippen molar-refractivity contribution in [2.75, 3.05) is 18.0 Å². The van der Waals surface area contributed by atoms with E-state index in [0.29, 0.717) is 29.6 Å². The van der Waals surface area contributed by atoms with Crippen LogP contribution in [0.3, 0.4) is 0 Å². The van der Waals surface area contributed by atoms with E-state index in [9.17, 15) is 9.90 Å². The van der Waals surface area contributed by atoms with Crippen molar-refractivity contribution in [2.45, 2.75) is 19.1 Å². The topological polar surface area (TPSA) is 99.7 Å². The van der Waals surface area contributed by atoms with Gasteiger partial charge in [-0.25, -0.2) is 4.98 Å². The molecule has 2 atom stereocenters. The first-order valence-corrected chi connectivity index (χ1v) is 6.36. The van der Waals surface area contributed by atoms with Crippen molar-refractivity contribution in [3.05, 3.63) is 22.8 Å². The molecule has 1 aliphatic rings. The van der Waals surface area contributed by atoms with Gasteiger partial charge in [0, 0.05) is 25.4 Å². The first kappa shape index (κ1) is 14.0. The minimum absolute atomic E-state index is 0.134. The number of aliphatic hydroxyl groups is 2. The Kier molecular flexibility index (Phi) is 4.24. The summed E-state index contributed by atoms with van der Waals surface area (Å²) < 4.78 is 0. The second-order valence-electron chi connectivity index (χ2n) is 4.67. The number of aliphatic hydroxyl groups excluding tert-OH is 2. The summed E-state index contributed by atoms with van der Waals surface area (Å²) in [6, 6.07) is 3.29. The fraction of sp³-hybridized carbons (Fsp3) is 0.500. The van der Waals surface area contributed by atoms with Crippen molar-refractivity contribution in [2.24, 2.45) is 11.7 Å². The summed E-state index contributed by atoms with van der Waals surface area (Å²) in [5.41, 5.74) is 5.66. The highest BCUT2D eigenvalue weighted by Gasteiger charge is 2.33. The number of carbonyl (C=O) groups excluding carboxylic acids is 1. The molecule has 1 fully saturated rings. The molecule has 104 valence electrons. The number of hydrogen-bond acceptors (Lipinski definition) is 5. The molecule has 0 unspecified atom stereocenters. The van der Waals surface area contributed by atoms with Crippen molar-refractivity contribution in [1.29, 1.82) is 0 Å². The maximum atomic E-state index is 10.9. The number of amides is 1. The zero-order valence-corrected chi connectivity index (χ0v) is 11.0. The lowest BCUT2D eigenvalue weighted by molar-refractivity contribution is -0.119. The smallest absolute Gasteiger partial charge is 0.217 e. The van der Waals surface area contributed by atoms with Gasteiger partial charge in [0.05, 0.1) is 23.4 Å². The van der Waals surface area contributed by atoms with E-state index in [2.05, 4.69) is 4.98 Å². The maximum absolute atomic E-state index is 10.9. The van der Waals surface area contributed by atoms with E-state index in [1.165, 1.54) is 0 Å². The van der Waals surface area contributed by atoms with Crippen LogP contribution in [-0.2, 0) is 11.4 Å². The first-order chi connectivity index (χ1) is 9.01. The molecule has 6 nitrogen and oxygen atoms in total. The molecule has 0 spiro atoms. The zero-order valence-electron chi connectivity index (χ0n) is 10.3. The lowest BCUT2D eigenvalue weighted by Crippen LogP contribution is -2.24. The number of aromatic nitrogens is 1. The summed E-state index contributed by atoms with van der Waals surface area (Å²) in [6.45, 7) is 0.635. The number of nitrogens with zero attached hydrogens (tertiary/aromatic N) is 2. The summed E-state index contributed by atoms with van der Waals surface area (Å²) in [4.78, 5) is 17.0. The quantitative estimate of drug-likeness (QED) is 0.717. The average molecular weight is 286 g/mol. The fourth-order valence-corrected chi connectivity index (χ4v) is 2.49. The standard InChI is InChI=1S/C12H16ClN3O3/c13-9-2-1-8(6-17)15-12(9)16-4-7(3-11(14)19)10(18)5-16/h1-2,7,10,17-18H,3-6H2,(H2,14,19)/t7-,10-/m1/s1. The molecule has 19 heavy (non-hydrogen) atoms. The van der Waals surface area contributed by atoms with Gasteiger partial charge in [0.25, 0.3) is 0 Å². The van der Waals surface area contributed by atoms with Gasteiger partial charge in [-0.15, -0.1) is 0 Å². The van der Waals surface area contributed by atoms with Crippen LogP contribution in [0.25, 0.3) is 0 Å². The lowest BCUT2D eigenvalue weighted by atomic mass is 10.0. The van der Waals surface area contributed by atoms with Gasteiger partial charge in [0.15, 0.2) is 0 Å². The van der Waals surface area contributed by atoms with E-state index < -0.39 is 12.0 Å². The Bertz CT molecular complexity index is 483. The molecule has 1 aliphatic heterocycles. The van der Waals surface area contributed by atoms with E-state index in [1.807, 2.05) is 0 Å². The van der Waals surface area contributed by atoms with Crippen LogP contribution in [0.15, 0.2) is 12.1 Å². The van der Waals surface area contributed by atoms with Crippen molar-refractivity contribution in [1.82, 2.24) is 4.98 Å². The van der Waals surface area contributed by atoms with Gasteiger partial charge in [-0.2, -0.15) is 0 Å². The van der Waals surface area contributed by atoms with Crippen LogP contribution < -0.4 is 10.6 Å². The van der Waals surface area contributed by atoms with Crippen LogP contribution in [0, 0.1) is 5.92 Å². The van der Waals surface area contributed by atoms with E-state index in [1.54, 1.807) is 17.0 Å². The molecule has 2 rings (SSSR count). The van der Waals surface area contributed by atoms with Crippen LogP contribution in [0.1, 0.15) is 12.1 Å². The monoisotopic (exact) mass is 285 g/mol. The van der Waals surface area contributed by atoms with Crippen LogP contribution in [0.5, 0.6) is 0 Å². The predicted molar refractivity (Wildman–Crippen MR) is 70.7 cm³/mol. The Morgan fingerprint density at radius 2 is 2.26 bits per heavy atom. The highest BCUT2D eigenvalue weighted by atomic mass is 35.5. The van der Waals surface area contributed by atoms with Crippen LogP contribution >= 0.6 is 11.6 Å². The molecule has 0 radical (unpaired) electrons. The molecular formula is C12H16ClN3O3. The molecule has 4 N–H and O–H groups in total. The maximum Gasteiger partial charge on any atom is 0.217 e. The lowest BCUT2D eigenvalue weighted by Gasteiger charge is -2.18. The number of nitrogens with two attached hydrogens (primary N) is 1. The number of rotatable bonds is 4. The predicted octanol–water partition coefficient (Wildman–Crippen LogP) is -0.100. The molecule has 1 amide bonds. The van der Waals surface area contributed by atoms with Gasteiger partial charge < -0.3 is 20.8 Å². The number of β-amino-alcohol motifs (C(OH)–C–C–N with tert-alkyl or cyclic N) is 1. The highest BCUT2D eigenvalue weighted by Crippen LogP contribution is 2.30. The van der Waals surface area contributed by atoms with Gasteiger partial charge >= 0.3 is 0 Å². The third-order valence-electron chi connectivity index (χ3n) is 3.22. The zero-order chi connectivity index (χ0) is 14.0. The molecule has 1 aromatic heterocycles. The highest BCUT2D eigenvalue weighted by molar-refractivity contribution is 6.32. The van der Waals surface area contributed by atoms with Crippen LogP contribution in [0.2, 0.25) is 5.02 Å². The number of halogens is 1. The minimum atomic E-state index is -0.636. The Hall–Kier alpha value is -1.37. The fourth-order valence-electron chi connectivity index (χ4n) is 2.27. The Labute approximate surface area is 115 Å². The summed E-state index contributed by atoms with van der Waals surface area (Å²) in [5.74, 6) is -0.138. The molecular weight excluding hydrogens is 270 g/mol. The largest absolute Gasteiger partial charge is 0.391 e. The van der Waals surface area contributed by atoms with Gasteiger partial charge in [0.2, 0.25) is 5.91 Å². The number of carbonyl (C=O) groups is 1. The molecule has 1 aromatic rings.